The van der Waals surface area contributed by atoms with Crippen LogP contribution in [0.1, 0.15) is 12.5 Å². The number of rotatable bonds is 8. The summed E-state index contributed by atoms with van der Waals surface area (Å²) in [5.74, 6) is -0.874. The van der Waals surface area contributed by atoms with Crippen LogP contribution in [-0.2, 0) is 26.2 Å². The summed E-state index contributed by atoms with van der Waals surface area (Å²) in [5.41, 5.74) is 0.756. The molecule has 30 heavy (non-hydrogen) atoms. The molecule has 0 aliphatic carbocycles. The van der Waals surface area contributed by atoms with Crippen molar-refractivity contribution in [3.8, 4) is 0 Å². The van der Waals surface area contributed by atoms with Crippen molar-refractivity contribution in [1.29, 1.82) is 0 Å². The van der Waals surface area contributed by atoms with E-state index in [1.54, 1.807) is 31.2 Å². The Morgan fingerprint density at radius 2 is 1.50 bits per heavy atom. The molecular weight excluding hydrogens is 449 g/mol. The summed E-state index contributed by atoms with van der Waals surface area (Å²) in [6.07, 6.45) is 0. The quantitative estimate of drug-likeness (QED) is 0.640. The van der Waals surface area contributed by atoms with Gasteiger partial charge in [0.25, 0.3) is 0 Å². The van der Waals surface area contributed by atoms with Gasteiger partial charge in [-0.15, -0.1) is 0 Å². The monoisotopic (exact) mass is 471 g/mol. The van der Waals surface area contributed by atoms with Crippen LogP contribution in [0.5, 0.6) is 0 Å². The Kier molecular flexibility index (Phi) is 8.25. The highest BCUT2D eigenvalue weighted by atomic mass is 35.5. The summed E-state index contributed by atoms with van der Waals surface area (Å²) in [6.45, 7) is 1.28. The van der Waals surface area contributed by atoms with Crippen molar-refractivity contribution in [2.75, 3.05) is 20.6 Å². The Hall–Kier alpha value is -2.13. The molecule has 0 fully saturated rings. The normalized spacial score (nSPS) is 12.5. The van der Waals surface area contributed by atoms with Gasteiger partial charge in [0.15, 0.2) is 0 Å². The molecule has 0 saturated heterocycles. The molecule has 0 radical (unpaired) electrons. The highest BCUT2D eigenvalue weighted by Gasteiger charge is 2.29. The Morgan fingerprint density at radius 3 is 2.00 bits per heavy atom. The lowest BCUT2D eigenvalue weighted by Crippen LogP contribution is -2.50. The van der Waals surface area contributed by atoms with Crippen molar-refractivity contribution in [1.82, 2.24) is 14.5 Å². The van der Waals surface area contributed by atoms with Crippen LogP contribution < -0.4 is 5.32 Å². The lowest BCUT2D eigenvalue weighted by Gasteiger charge is -2.30. The molecule has 10 heteroatoms. The van der Waals surface area contributed by atoms with Crippen LogP contribution in [0.15, 0.2) is 53.4 Å². The molecule has 0 bridgehead atoms. The van der Waals surface area contributed by atoms with Crippen LogP contribution >= 0.6 is 23.2 Å². The van der Waals surface area contributed by atoms with Gasteiger partial charge in [-0.1, -0.05) is 35.3 Å². The number of carbonyl (C=O) groups is 2. The largest absolute Gasteiger partial charge is 0.357 e. The Bertz CT molecular complexity index is 996. The molecule has 2 aromatic rings. The summed E-state index contributed by atoms with van der Waals surface area (Å²) >= 11 is 11.7. The highest BCUT2D eigenvalue weighted by molar-refractivity contribution is 7.89. The Labute approximate surface area is 186 Å². The lowest BCUT2D eigenvalue weighted by atomic mass is 10.1. The minimum Gasteiger partial charge on any atom is -0.357 e. The number of hydrogen-bond donors (Lipinski definition) is 1. The van der Waals surface area contributed by atoms with Crippen molar-refractivity contribution >= 4 is 45.0 Å². The maximum Gasteiger partial charge on any atom is 0.243 e. The van der Waals surface area contributed by atoms with E-state index >= 15 is 0 Å². The molecule has 7 nitrogen and oxygen atoms in total. The van der Waals surface area contributed by atoms with Crippen LogP contribution in [0, 0.1) is 0 Å². The molecule has 1 atom stereocenters. The molecule has 2 amide bonds. The van der Waals surface area contributed by atoms with Crippen molar-refractivity contribution in [3.63, 3.8) is 0 Å². The van der Waals surface area contributed by atoms with E-state index in [1.807, 2.05) is 0 Å². The summed E-state index contributed by atoms with van der Waals surface area (Å²) in [6, 6.07) is 11.7. The molecule has 0 aliphatic heterocycles. The van der Waals surface area contributed by atoms with Gasteiger partial charge in [-0.3, -0.25) is 9.59 Å². The van der Waals surface area contributed by atoms with E-state index in [1.165, 1.54) is 43.3 Å². The number of amides is 2. The summed E-state index contributed by atoms with van der Waals surface area (Å²) in [5, 5.41) is 3.46. The molecule has 1 unspecified atom stereocenters. The molecule has 0 aromatic heterocycles. The van der Waals surface area contributed by atoms with Gasteiger partial charge in [-0.05, 0) is 48.9 Å². The number of carbonyl (C=O) groups excluding carboxylic acids is 2. The number of hydrogen-bond acceptors (Lipinski definition) is 4. The average Bonchev–Trinajstić information content (AvgIpc) is 2.72. The fourth-order valence-electron chi connectivity index (χ4n) is 2.73. The zero-order chi connectivity index (χ0) is 22.5. The first-order valence-corrected chi connectivity index (χ1v) is 11.2. The van der Waals surface area contributed by atoms with E-state index in [0.29, 0.717) is 10.0 Å². The predicted molar refractivity (Wildman–Crippen MR) is 117 cm³/mol. The molecule has 0 saturated carbocycles. The highest BCUT2D eigenvalue weighted by Crippen LogP contribution is 2.19. The molecule has 2 aromatic carbocycles. The van der Waals surface area contributed by atoms with E-state index < -0.39 is 28.5 Å². The van der Waals surface area contributed by atoms with Crippen LogP contribution in [0.4, 0.5) is 0 Å². The molecular formula is C20H23Cl2N3O4S. The lowest BCUT2D eigenvalue weighted by molar-refractivity contribution is -0.140. The van der Waals surface area contributed by atoms with Crippen molar-refractivity contribution in [3.05, 3.63) is 64.1 Å². The fourth-order valence-corrected chi connectivity index (χ4v) is 4.10. The van der Waals surface area contributed by atoms with Crippen molar-refractivity contribution in [2.45, 2.75) is 24.4 Å². The predicted octanol–water partition coefficient (Wildman–Crippen LogP) is 2.78. The zero-order valence-corrected chi connectivity index (χ0v) is 19.1. The fraction of sp³-hybridized carbons (Fsp3) is 0.300. The van der Waals surface area contributed by atoms with Gasteiger partial charge in [-0.2, -0.15) is 4.31 Å². The van der Waals surface area contributed by atoms with E-state index in [4.69, 9.17) is 23.2 Å². The van der Waals surface area contributed by atoms with Crippen LogP contribution in [-0.4, -0.2) is 56.1 Å². The van der Waals surface area contributed by atoms with Crippen LogP contribution in [0.25, 0.3) is 0 Å². The van der Waals surface area contributed by atoms with Gasteiger partial charge in [-0.25, -0.2) is 8.42 Å². The smallest absolute Gasteiger partial charge is 0.243 e. The van der Waals surface area contributed by atoms with Crippen LogP contribution in [0.2, 0.25) is 10.0 Å². The molecule has 0 heterocycles. The standard InChI is InChI=1S/C20H23Cl2N3O4S/c1-14(20(27)23-2)25(12-15-4-6-16(21)7-5-15)19(26)13-24(3)30(28,29)18-10-8-17(22)9-11-18/h4-11,14H,12-13H2,1-3H3,(H,23,27). The number of likely N-dealkylation sites (N-methyl/N-ethyl adjacent to an activating group) is 2. The zero-order valence-electron chi connectivity index (χ0n) is 16.8. The van der Waals surface area contributed by atoms with E-state index in [0.717, 1.165) is 9.87 Å². The van der Waals surface area contributed by atoms with Gasteiger partial charge in [0.2, 0.25) is 21.8 Å². The third-order valence-corrected chi connectivity index (χ3v) is 6.88. The SMILES string of the molecule is CNC(=O)C(C)N(Cc1ccc(Cl)cc1)C(=O)CN(C)S(=O)(=O)c1ccc(Cl)cc1. The van der Waals surface area contributed by atoms with Gasteiger partial charge in [0.05, 0.1) is 11.4 Å². The first-order valence-electron chi connectivity index (χ1n) is 9.03. The van der Waals surface area contributed by atoms with E-state index in [9.17, 15) is 18.0 Å². The minimum absolute atomic E-state index is 0.0193. The Morgan fingerprint density at radius 1 is 1.00 bits per heavy atom. The van der Waals surface area contributed by atoms with Crippen molar-refractivity contribution in [2.24, 2.45) is 0 Å². The van der Waals surface area contributed by atoms with Gasteiger partial charge < -0.3 is 10.2 Å². The molecule has 0 spiro atoms. The number of sulfonamides is 1. The average molecular weight is 472 g/mol. The summed E-state index contributed by atoms with van der Waals surface area (Å²) < 4.78 is 26.5. The van der Waals surface area contributed by atoms with Crippen LogP contribution in [0.3, 0.4) is 0 Å². The molecule has 1 N–H and O–H groups in total. The molecule has 2 rings (SSSR count). The second kappa shape index (κ2) is 10.3. The first kappa shape index (κ1) is 24.1. The number of benzene rings is 2. The molecule has 162 valence electrons. The number of halogens is 2. The summed E-state index contributed by atoms with van der Waals surface area (Å²) in [7, 11) is -1.12. The third kappa shape index (κ3) is 5.95. The number of nitrogens with one attached hydrogen (secondary N) is 1. The van der Waals surface area contributed by atoms with Crippen molar-refractivity contribution < 1.29 is 18.0 Å². The minimum atomic E-state index is -3.91. The maximum absolute atomic E-state index is 13.0. The molecule has 0 aliphatic rings. The second-order valence-electron chi connectivity index (χ2n) is 6.65. The number of nitrogens with zero attached hydrogens (tertiary/aromatic N) is 2. The Balaban J connectivity index is 2.24. The van der Waals surface area contributed by atoms with E-state index in [-0.39, 0.29) is 17.3 Å². The van der Waals surface area contributed by atoms with Gasteiger partial charge >= 0.3 is 0 Å². The first-order chi connectivity index (χ1) is 14.1. The van der Waals surface area contributed by atoms with Gasteiger partial charge in [0, 0.05) is 30.7 Å². The topological polar surface area (TPSA) is 86.8 Å². The maximum atomic E-state index is 13.0. The second-order valence-corrected chi connectivity index (χ2v) is 9.57. The third-order valence-electron chi connectivity index (χ3n) is 4.56. The van der Waals surface area contributed by atoms with Gasteiger partial charge in [0.1, 0.15) is 6.04 Å². The summed E-state index contributed by atoms with van der Waals surface area (Å²) in [4.78, 5) is 26.5. The van der Waals surface area contributed by atoms with E-state index in [2.05, 4.69) is 5.32 Å².